The highest BCUT2D eigenvalue weighted by atomic mass is 79.9. The van der Waals surface area contributed by atoms with Gasteiger partial charge in [0.1, 0.15) is 11.5 Å². The molecule has 1 atom stereocenters. The third kappa shape index (κ3) is 4.14. The normalized spacial score (nSPS) is 11.9. The van der Waals surface area contributed by atoms with E-state index in [2.05, 4.69) is 50.2 Å². The van der Waals surface area contributed by atoms with E-state index in [1.54, 1.807) is 14.2 Å². The first-order valence-corrected chi connectivity index (χ1v) is 8.06. The fourth-order valence-electron chi connectivity index (χ4n) is 2.07. The summed E-state index contributed by atoms with van der Waals surface area (Å²) in [7, 11) is 3.29. The lowest BCUT2D eigenvalue weighted by Gasteiger charge is -2.18. The van der Waals surface area contributed by atoms with Crippen molar-refractivity contribution in [1.82, 2.24) is 0 Å². The summed E-state index contributed by atoms with van der Waals surface area (Å²) < 4.78 is 12.7. The van der Waals surface area contributed by atoms with Crippen molar-refractivity contribution in [2.24, 2.45) is 0 Å². The third-order valence-corrected chi connectivity index (χ3v) is 4.34. The van der Waals surface area contributed by atoms with Gasteiger partial charge < -0.3 is 14.8 Å². The summed E-state index contributed by atoms with van der Waals surface area (Å²) in [5.41, 5.74) is 2.13. The van der Waals surface area contributed by atoms with Crippen LogP contribution in [-0.2, 0) is 0 Å². The van der Waals surface area contributed by atoms with E-state index in [4.69, 9.17) is 9.47 Å². The van der Waals surface area contributed by atoms with E-state index in [0.29, 0.717) is 0 Å². The molecule has 3 nitrogen and oxygen atoms in total. The Morgan fingerprint density at radius 1 is 0.952 bits per heavy atom. The predicted molar refractivity (Wildman–Crippen MR) is 93.4 cm³/mol. The second-order valence-corrected chi connectivity index (χ2v) is 6.40. The number of nitrogens with one attached hydrogen (secondary N) is 1. The molecule has 21 heavy (non-hydrogen) atoms. The van der Waals surface area contributed by atoms with Crippen LogP contribution >= 0.6 is 31.9 Å². The van der Waals surface area contributed by atoms with E-state index >= 15 is 0 Å². The molecule has 1 unspecified atom stereocenters. The summed E-state index contributed by atoms with van der Waals surface area (Å²) in [5, 5.41) is 3.46. The number of halogens is 2. The summed E-state index contributed by atoms with van der Waals surface area (Å²) >= 11 is 7.06. The lowest BCUT2D eigenvalue weighted by Crippen LogP contribution is -2.07. The van der Waals surface area contributed by atoms with Gasteiger partial charge in [0.2, 0.25) is 0 Å². The molecule has 0 aliphatic heterocycles. The Balaban J connectivity index is 2.24. The number of ether oxygens (including phenoxy) is 2. The van der Waals surface area contributed by atoms with Crippen LogP contribution in [0.15, 0.2) is 45.3 Å². The van der Waals surface area contributed by atoms with Crippen LogP contribution in [0.2, 0.25) is 0 Å². The fourth-order valence-corrected chi connectivity index (χ4v) is 3.46. The highest BCUT2D eigenvalue weighted by Gasteiger charge is 2.11. The van der Waals surface area contributed by atoms with E-state index in [1.807, 2.05) is 30.3 Å². The topological polar surface area (TPSA) is 30.5 Å². The Morgan fingerprint density at radius 2 is 1.57 bits per heavy atom. The summed E-state index contributed by atoms with van der Waals surface area (Å²) in [6.07, 6.45) is 0. The summed E-state index contributed by atoms with van der Waals surface area (Å²) in [6, 6.07) is 12.1. The van der Waals surface area contributed by atoms with Gasteiger partial charge in [0, 0.05) is 38.9 Å². The molecule has 0 bridgehead atoms. The standard InChI is InChI=1S/C16H17Br2NO2/c1-10(15-5-4-11(17)6-16(15)18)19-12-7-13(20-2)9-14(8-12)21-3/h4-10,19H,1-3H3. The van der Waals surface area contributed by atoms with Crippen LogP contribution in [0.3, 0.4) is 0 Å². The molecule has 0 saturated heterocycles. The lowest BCUT2D eigenvalue weighted by molar-refractivity contribution is 0.394. The van der Waals surface area contributed by atoms with Crippen LogP contribution in [0, 0.1) is 0 Å². The molecule has 2 rings (SSSR count). The van der Waals surface area contributed by atoms with E-state index in [0.717, 1.165) is 26.1 Å². The number of rotatable bonds is 5. The molecule has 0 saturated carbocycles. The Labute approximate surface area is 141 Å². The highest BCUT2D eigenvalue weighted by molar-refractivity contribution is 9.11. The van der Waals surface area contributed by atoms with E-state index in [1.165, 1.54) is 5.56 Å². The Hall–Kier alpha value is -1.20. The molecule has 5 heteroatoms. The van der Waals surface area contributed by atoms with Crippen LogP contribution in [0.4, 0.5) is 5.69 Å². The van der Waals surface area contributed by atoms with Crippen molar-refractivity contribution in [3.05, 3.63) is 50.9 Å². The minimum Gasteiger partial charge on any atom is -0.497 e. The Morgan fingerprint density at radius 3 is 2.10 bits per heavy atom. The monoisotopic (exact) mass is 413 g/mol. The molecule has 0 amide bonds. The average molecular weight is 415 g/mol. The van der Waals surface area contributed by atoms with Crippen molar-refractivity contribution >= 4 is 37.5 Å². The predicted octanol–water partition coefficient (Wildman–Crippen LogP) is 5.40. The largest absolute Gasteiger partial charge is 0.497 e. The van der Waals surface area contributed by atoms with Crippen molar-refractivity contribution in [3.63, 3.8) is 0 Å². The van der Waals surface area contributed by atoms with E-state index in [9.17, 15) is 0 Å². The molecular weight excluding hydrogens is 398 g/mol. The van der Waals surface area contributed by atoms with Crippen molar-refractivity contribution in [3.8, 4) is 11.5 Å². The van der Waals surface area contributed by atoms with Crippen LogP contribution < -0.4 is 14.8 Å². The Bertz CT molecular complexity index is 609. The van der Waals surface area contributed by atoms with Crippen LogP contribution in [0.5, 0.6) is 11.5 Å². The molecule has 0 heterocycles. The van der Waals surface area contributed by atoms with Crippen molar-refractivity contribution in [2.45, 2.75) is 13.0 Å². The van der Waals surface area contributed by atoms with Gasteiger partial charge in [-0.15, -0.1) is 0 Å². The van der Waals surface area contributed by atoms with Crippen LogP contribution in [0.25, 0.3) is 0 Å². The van der Waals surface area contributed by atoms with Crippen LogP contribution in [0.1, 0.15) is 18.5 Å². The van der Waals surface area contributed by atoms with Crippen molar-refractivity contribution in [2.75, 3.05) is 19.5 Å². The first kappa shape index (κ1) is 16.2. The molecule has 0 aliphatic rings. The minimum atomic E-state index is 0.143. The maximum absolute atomic E-state index is 5.29. The number of anilines is 1. The summed E-state index contributed by atoms with van der Waals surface area (Å²) in [5.74, 6) is 1.53. The molecule has 2 aromatic rings. The van der Waals surface area contributed by atoms with Gasteiger partial charge >= 0.3 is 0 Å². The summed E-state index contributed by atoms with van der Waals surface area (Å²) in [6.45, 7) is 2.11. The molecular formula is C16H17Br2NO2. The maximum Gasteiger partial charge on any atom is 0.124 e. The van der Waals surface area contributed by atoms with Gasteiger partial charge in [-0.05, 0) is 24.6 Å². The molecule has 112 valence electrons. The minimum absolute atomic E-state index is 0.143. The number of hydrogen-bond acceptors (Lipinski definition) is 3. The number of methoxy groups -OCH3 is 2. The smallest absolute Gasteiger partial charge is 0.124 e. The first-order chi connectivity index (χ1) is 10.0. The molecule has 0 aromatic heterocycles. The fraction of sp³-hybridized carbons (Fsp3) is 0.250. The van der Waals surface area contributed by atoms with Gasteiger partial charge in [-0.2, -0.15) is 0 Å². The second kappa shape index (κ2) is 7.18. The second-order valence-electron chi connectivity index (χ2n) is 4.63. The molecule has 2 aromatic carbocycles. The number of benzene rings is 2. The SMILES string of the molecule is COc1cc(NC(C)c2ccc(Br)cc2Br)cc(OC)c1. The quantitative estimate of drug-likeness (QED) is 0.710. The van der Waals surface area contributed by atoms with E-state index in [-0.39, 0.29) is 6.04 Å². The highest BCUT2D eigenvalue weighted by Crippen LogP contribution is 2.31. The van der Waals surface area contributed by atoms with Gasteiger partial charge in [-0.25, -0.2) is 0 Å². The van der Waals surface area contributed by atoms with Gasteiger partial charge in [-0.1, -0.05) is 37.9 Å². The Kier molecular flexibility index (Phi) is 5.53. The van der Waals surface area contributed by atoms with Crippen LogP contribution in [-0.4, -0.2) is 14.2 Å². The molecule has 0 aliphatic carbocycles. The van der Waals surface area contributed by atoms with E-state index < -0.39 is 0 Å². The first-order valence-electron chi connectivity index (χ1n) is 6.48. The summed E-state index contributed by atoms with van der Waals surface area (Å²) in [4.78, 5) is 0. The third-order valence-electron chi connectivity index (χ3n) is 3.16. The number of hydrogen-bond donors (Lipinski definition) is 1. The zero-order valence-electron chi connectivity index (χ0n) is 12.1. The maximum atomic E-state index is 5.29. The zero-order chi connectivity index (χ0) is 15.4. The van der Waals surface area contributed by atoms with Gasteiger partial charge in [0.05, 0.1) is 14.2 Å². The van der Waals surface area contributed by atoms with Gasteiger partial charge in [0.25, 0.3) is 0 Å². The lowest BCUT2D eigenvalue weighted by atomic mass is 10.1. The molecule has 0 radical (unpaired) electrons. The molecule has 0 spiro atoms. The molecule has 0 fully saturated rings. The zero-order valence-corrected chi connectivity index (χ0v) is 15.3. The average Bonchev–Trinajstić information content (AvgIpc) is 2.46. The molecule has 1 N–H and O–H groups in total. The van der Waals surface area contributed by atoms with Crippen molar-refractivity contribution < 1.29 is 9.47 Å². The van der Waals surface area contributed by atoms with Crippen molar-refractivity contribution in [1.29, 1.82) is 0 Å². The van der Waals surface area contributed by atoms with Gasteiger partial charge in [-0.3, -0.25) is 0 Å². The van der Waals surface area contributed by atoms with Gasteiger partial charge in [0.15, 0.2) is 0 Å².